The van der Waals surface area contributed by atoms with Crippen LogP contribution in [-0.2, 0) is 20.9 Å². The Balaban J connectivity index is 0.00000400. The summed E-state index contributed by atoms with van der Waals surface area (Å²) >= 11 is 12.3. The first-order valence-electron chi connectivity index (χ1n) is 12.4. The third-order valence-corrected chi connectivity index (χ3v) is 7.37. The first-order chi connectivity index (χ1) is 17.7. The van der Waals surface area contributed by atoms with Gasteiger partial charge in [0.15, 0.2) is 0 Å². The number of hydrogen-bond acceptors (Lipinski definition) is 5. The average Bonchev–Trinajstić information content (AvgIpc) is 3.63. The van der Waals surface area contributed by atoms with Gasteiger partial charge in [-0.15, -0.1) is 12.4 Å². The highest BCUT2D eigenvalue weighted by Crippen LogP contribution is 2.36. The first kappa shape index (κ1) is 30.2. The molecule has 2 aliphatic rings. The molecule has 0 aromatic heterocycles. The lowest BCUT2D eigenvalue weighted by atomic mass is 10.00. The van der Waals surface area contributed by atoms with Crippen molar-refractivity contribution < 1.29 is 28.6 Å². The Labute approximate surface area is 237 Å². The van der Waals surface area contributed by atoms with Gasteiger partial charge in [-0.05, 0) is 54.3 Å². The van der Waals surface area contributed by atoms with Gasteiger partial charge in [0.1, 0.15) is 18.2 Å². The molecule has 0 unspecified atom stereocenters. The number of carbonyl (C=O) groups is 3. The lowest BCUT2D eigenvalue weighted by molar-refractivity contribution is -0.140. The molecule has 0 spiro atoms. The third kappa shape index (κ3) is 8.06. The number of imide groups is 1. The largest absolute Gasteiger partial charge is 0.490 e. The van der Waals surface area contributed by atoms with Crippen LogP contribution in [0.15, 0.2) is 36.4 Å². The van der Waals surface area contributed by atoms with Crippen molar-refractivity contribution in [1.29, 1.82) is 0 Å². The summed E-state index contributed by atoms with van der Waals surface area (Å²) in [6.45, 7) is 1.36. The smallest absolute Gasteiger partial charge is 0.305 e. The Morgan fingerprint density at radius 1 is 1.11 bits per heavy atom. The van der Waals surface area contributed by atoms with E-state index in [9.17, 15) is 23.9 Å². The van der Waals surface area contributed by atoms with Gasteiger partial charge >= 0.3 is 5.97 Å². The maximum atomic E-state index is 14.3. The monoisotopic (exact) mass is 586 g/mol. The molecule has 2 aromatic carbocycles. The van der Waals surface area contributed by atoms with Crippen LogP contribution in [0.2, 0.25) is 10.0 Å². The van der Waals surface area contributed by atoms with Crippen LogP contribution in [0.1, 0.15) is 55.7 Å². The van der Waals surface area contributed by atoms with E-state index in [1.807, 2.05) is 11.0 Å². The van der Waals surface area contributed by atoms with E-state index in [2.05, 4.69) is 0 Å². The minimum Gasteiger partial charge on any atom is -0.490 e. The molecule has 7 nitrogen and oxygen atoms in total. The number of carbonyl (C=O) groups excluding carboxylic acids is 2. The molecule has 206 valence electrons. The van der Waals surface area contributed by atoms with Gasteiger partial charge in [-0.2, -0.15) is 0 Å². The third-order valence-electron chi connectivity index (χ3n) is 6.77. The Morgan fingerprint density at radius 2 is 1.82 bits per heavy atom. The summed E-state index contributed by atoms with van der Waals surface area (Å²) < 4.78 is 20.0. The maximum Gasteiger partial charge on any atom is 0.305 e. The lowest BCUT2D eigenvalue weighted by Crippen LogP contribution is -2.33. The number of aliphatic carboxylic acids is 1. The van der Waals surface area contributed by atoms with Gasteiger partial charge in [-0.3, -0.25) is 24.2 Å². The number of benzene rings is 2. The highest BCUT2D eigenvalue weighted by Gasteiger charge is 2.29. The molecule has 1 aliphatic carbocycles. The van der Waals surface area contributed by atoms with Crippen LogP contribution in [0.3, 0.4) is 0 Å². The second kappa shape index (κ2) is 13.6. The van der Waals surface area contributed by atoms with Crippen molar-refractivity contribution >= 4 is 53.4 Å². The number of carboxylic acid groups (broad SMARTS) is 1. The summed E-state index contributed by atoms with van der Waals surface area (Å²) in [4.78, 5) is 38.5. The standard InChI is InChI=1S/C27H29Cl2FN2O5.ClH/c28-20-5-4-19(14-22(20)30)23(15-27(35)36)31(10-9-17-1-2-17)16-18-3-6-24(21(29)13-18)37-12-11-32-25(33)7-8-26(32)34;/h3-6,13-14,17,23H,1-2,7-12,15-16H2,(H,35,36);1H/t23-;/m1./s1. The molecule has 0 bridgehead atoms. The van der Waals surface area contributed by atoms with E-state index >= 15 is 0 Å². The van der Waals surface area contributed by atoms with Gasteiger partial charge in [0.05, 0.1) is 23.0 Å². The van der Waals surface area contributed by atoms with E-state index in [1.54, 1.807) is 18.2 Å². The van der Waals surface area contributed by atoms with E-state index in [0.29, 0.717) is 35.3 Å². The summed E-state index contributed by atoms with van der Waals surface area (Å²) in [7, 11) is 0. The summed E-state index contributed by atoms with van der Waals surface area (Å²) in [6, 6.07) is 9.20. The zero-order valence-corrected chi connectivity index (χ0v) is 23.0. The fourth-order valence-corrected chi connectivity index (χ4v) is 4.93. The molecule has 1 saturated carbocycles. The van der Waals surface area contributed by atoms with Gasteiger partial charge in [-0.1, -0.05) is 48.2 Å². The zero-order chi connectivity index (χ0) is 26.5. The predicted octanol–water partition coefficient (Wildman–Crippen LogP) is 5.90. The summed E-state index contributed by atoms with van der Waals surface area (Å²) in [5, 5.41) is 9.97. The quantitative estimate of drug-likeness (QED) is 0.294. The molecule has 2 amide bonds. The lowest BCUT2D eigenvalue weighted by Gasteiger charge is -2.32. The van der Waals surface area contributed by atoms with Crippen LogP contribution in [0.4, 0.5) is 4.39 Å². The molecule has 1 saturated heterocycles. The van der Waals surface area contributed by atoms with E-state index in [0.717, 1.165) is 12.0 Å². The highest BCUT2D eigenvalue weighted by atomic mass is 35.5. The molecule has 4 rings (SSSR count). The number of ether oxygens (including phenoxy) is 1. The van der Waals surface area contributed by atoms with Crippen LogP contribution in [-0.4, -0.2) is 52.4 Å². The molecule has 1 aliphatic heterocycles. The molecule has 2 fully saturated rings. The Bertz CT molecular complexity index is 1160. The van der Waals surface area contributed by atoms with Gasteiger partial charge in [0.2, 0.25) is 11.8 Å². The molecule has 0 radical (unpaired) electrons. The van der Waals surface area contributed by atoms with E-state index < -0.39 is 17.8 Å². The molecule has 11 heteroatoms. The molecule has 1 atom stereocenters. The normalized spacial score (nSPS) is 16.1. The summed E-state index contributed by atoms with van der Waals surface area (Å²) in [5.74, 6) is -0.901. The van der Waals surface area contributed by atoms with Crippen LogP contribution < -0.4 is 4.74 Å². The second-order valence-corrected chi connectivity index (χ2v) is 10.4. The van der Waals surface area contributed by atoms with Crippen LogP contribution in [0.5, 0.6) is 5.75 Å². The van der Waals surface area contributed by atoms with Gasteiger partial charge < -0.3 is 9.84 Å². The van der Waals surface area contributed by atoms with Crippen molar-refractivity contribution in [2.45, 2.75) is 51.1 Å². The molecular weight excluding hydrogens is 558 g/mol. The number of carboxylic acids is 1. The average molecular weight is 588 g/mol. The molecule has 1 N–H and O–H groups in total. The Hall–Kier alpha value is -2.39. The molecule has 1 heterocycles. The van der Waals surface area contributed by atoms with Crippen molar-refractivity contribution in [3.8, 4) is 5.75 Å². The number of nitrogens with zero attached hydrogens (tertiary/aromatic N) is 2. The van der Waals surface area contributed by atoms with E-state index in [1.165, 1.54) is 29.9 Å². The van der Waals surface area contributed by atoms with Crippen molar-refractivity contribution in [3.63, 3.8) is 0 Å². The zero-order valence-electron chi connectivity index (χ0n) is 20.7. The van der Waals surface area contributed by atoms with E-state index in [4.69, 9.17) is 27.9 Å². The minimum atomic E-state index is -0.978. The molecular formula is C27H30Cl3FN2O5. The van der Waals surface area contributed by atoms with Crippen LogP contribution in [0.25, 0.3) is 0 Å². The number of halogens is 4. The van der Waals surface area contributed by atoms with Gasteiger partial charge in [0, 0.05) is 25.4 Å². The van der Waals surface area contributed by atoms with E-state index in [-0.39, 0.29) is 61.7 Å². The van der Waals surface area contributed by atoms with Crippen molar-refractivity contribution in [2.24, 2.45) is 5.92 Å². The topological polar surface area (TPSA) is 87.2 Å². The number of amides is 2. The molecule has 2 aromatic rings. The predicted molar refractivity (Wildman–Crippen MR) is 144 cm³/mol. The fraction of sp³-hybridized carbons (Fsp3) is 0.444. The molecule has 38 heavy (non-hydrogen) atoms. The first-order valence-corrected chi connectivity index (χ1v) is 13.1. The van der Waals surface area contributed by atoms with Gasteiger partial charge in [0.25, 0.3) is 0 Å². The Morgan fingerprint density at radius 3 is 2.42 bits per heavy atom. The fourth-order valence-electron chi connectivity index (χ4n) is 4.56. The van der Waals surface area contributed by atoms with Gasteiger partial charge in [-0.25, -0.2) is 4.39 Å². The maximum absolute atomic E-state index is 14.3. The summed E-state index contributed by atoms with van der Waals surface area (Å²) in [5.41, 5.74) is 1.40. The van der Waals surface area contributed by atoms with Crippen molar-refractivity contribution in [1.82, 2.24) is 9.80 Å². The van der Waals surface area contributed by atoms with Crippen molar-refractivity contribution in [3.05, 3.63) is 63.4 Å². The highest BCUT2D eigenvalue weighted by molar-refractivity contribution is 6.32. The second-order valence-electron chi connectivity index (χ2n) is 9.54. The van der Waals surface area contributed by atoms with Crippen LogP contribution >= 0.6 is 35.6 Å². The number of rotatable bonds is 13. The van der Waals surface area contributed by atoms with Crippen molar-refractivity contribution in [2.75, 3.05) is 19.7 Å². The Kier molecular flexibility index (Phi) is 10.8. The number of likely N-dealkylation sites (tertiary alicyclic amines) is 1. The number of hydrogen-bond donors (Lipinski definition) is 1. The minimum absolute atomic E-state index is 0. The SMILES string of the molecule is Cl.O=C(O)C[C@H](c1ccc(Cl)c(F)c1)N(CCC1CC1)Cc1ccc(OCCN2C(=O)CCC2=O)c(Cl)c1. The summed E-state index contributed by atoms with van der Waals surface area (Å²) in [6.07, 6.45) is 3.54. The van der Waals surface area contributed by atoms with Crippen LogP contribution in [0, 0.1) is 11.7 Å².